The van der Waals surface area contributed by atoms with Gasteiger partial charge in [-0.3, -0.25) is 9.97 Å². The molecule has 152 valence electrons. The summed E-state index contributed by atoms with van der Waals surface area (Å²) >= 11 is 0. The molecular weight excluding hydrogens is 403 g/mol. The molecule has 0 unspecified atom stereocenters. The Bertz CT molecular complexity index is 981. The minimum absolute atomic E-state index is 0. The third kappa shape index (κ3) is 4.85. The van der Waals surface area contributed by atoms with E-state index in [0.29, 0.717) is 17.0 Å². The van der Waals surface area contributed by atoms with Gasteiger partial charge in [0.05, 0.1) is 11.3 Å². The van der Waals surface area contributed by atoms with E-state index in [0.717, 1.165) is 54.9 Å². The SMILES string of the molecule is Cl.FC(F)(F)c1cncc(-c2cc(OCc3ccccn3)nc3c2CCCC3)c1. The van der Waals surface area contributed by atoms with Crippen LogP contribution in [0.3, 0.4) is 0 Å². The maximum absolute atomic E-state index is 13.1. The average molecular weight is 422 g/mol. The van der Waals surface area contributed by atoms with E-state index in [2.05, 4.69) is 15.0 Å². The van der Waals surface area contributed by atoms with Crippen molar-refractivity contribution in [2.75, 3.05) is 0 Å². The first-order chi connectivity index (χ1) is 13.5. The maximum atomic E-state index is 13.1. The molecule has 0 aliphatic heterocycles. The Hall–Kier alpha value is -2.67. The van der Waals surface area contributed by atoms with Gasteiger partial charge in [-0.2, -0.15) is 13.2 Å². The van der Waals surface area contributed by atoms with Gasteiger partial charge in [0.15, 0.2) is 0 Å². The van der Waals surface area contributed by atoms with E-state index in [4.69, 9.17) is 4.74 Å². The Kier molecular flexibility index (Phi) is 6.37. The lowest BCUT2D eigenvalue weighted by Gasteiger charge is -2.20. The van der Waals surface area contributed by atoms with E-state index in [1.807, 2.05) is 18.2 Å². The van der Waals surface area contributed by atoms with Crippen molar-refractivity contribution in [3.63, 3.8) is 0 Å². The van der Waals surface area contributed by atoms with Crippen LogP contribution >= 0.6 is 12.4 Å². The summed E-state index contributed by atoms with van der Waals surface area (Å²) in [5, 5.41) is 0. The average Bonchev–Trinajstić information content (AvgIpc) is 2.72. The largest absolute Gasteiger partial charge is 0.471 e. The third-order valence-electron chi connectivity index (χ3n) is 4.75. The van der Waals surface area contributed by atoms with Crippen molar-refractivity contribution in [2.24, 2.45) is 0 Å². The molecule has 0 radical (unpaired) electrons. The van der Waals surface area contributed by atoms with E-state index in [9.17, 15) is 13.2 Å². The summed E-state index contributed by atoms with van der Waals surface area (Å²) in [6, 6.07) is 8.38. The zero-order valence-corrected chi connectivity index (χ0v) is 16.3. The third-order valence-corrected chi connectivity index (χ3v) is 4.75. The topological polar surface area (TPSA) is 47.9 Å². The Balaban J connectivity index is 0.00000240. The maximum Gasteiger partial charge on any atom is 0.417 e. The van der Waals surface area contributed by atoms with Crippen LogP contribution in [0.2, 0.25) is 0 Å². The number of ether oxygens (including phenoxy) is 1. The van der Waals surface area contributed by atoms with Crippen molar-refractivity contribution in [3.8, 4) is 17.0 Å². The molecule has 3 heterocycles. The second-order valence-electron chi connectivity index (χ2n) is 6.71. The minimum Gasteiger partial charge on any atom is -0.471 e. The highest BCUT2D eigenvalue weighted by atomic mass is 35.5. The van der Waals surface area contributed by atoms with Crippen LogP contribution in [0, 0.1) is 0 Å². The smallest absolute Gasteiger partial charge is 0.417 e. The van der Waals surface area contributed by atoms with E-state index in [-0.39, 0.29) is 19.0 Å². The number of fused-ring (bicyclic) bond motifs is 1. The van der Waals surface area contributed by atoms with Crippen LogP contribution < -0.4 is 4.74 Å². The zero-order chi connectivity index (χ0) is 19.6. The van der Waals surface area contributed by atoms with E-state index >= 15 is 0 Å². The van der Waals surface area contributed by atoms with Crippen LogP contribution in [0.25, 0.3) is 11.1 Å². The summed E-state index contributed by atoms with van der Waals surface area (Å²) in [5.41, 5.74) is 3.00. The van der Waals surface area contributed by atoms with Crippen molar-refractivity contribution >= 4 is 12.4 Å². The van der Waals surface area contributed by atoms with Crippen molar-refractivity contribution < 1.29 is 17.9 Å². The normalized spacial score (nSPS) is 13.3. The van der Waals surface area contributed by atoms with Gasteiger partial charge in [0.1, 0.15) is 6.61 Å². The predicted octanol–water partition coefficient (Wildman–Crippen LogP) is 5.44. The molecule has 0 amide bonds. The van der Waals surface area contributed by atoms with Crippen molar-refractivity contribution in [1.82, 2.24) is 15.0 Å². The van der Waals surface area contributed by atoms with E-state index < -0.39 is 11.7 Å². The van der Waals surface area contributed by atoms with Crippen LogP contribution in [0.1, 0.15) is 35.4 Å². The number of alkyl halides is 3. The van der Waals surface area contributed by atoms with Gasteiger partial charge in [-0.1, -0.05) is 6.07 Å². The highest BCUT2D eigenvalue weighted by Gasteiger charge is 2.31. The number of hydrogen-bond donors (Lipinski definition) is 0. The number of aromatic nitrogens is 3. The standard InChI is InChI=1S/C21H18F3N3O.ClH/c22-21(23,24)15-9-14(11-25-12-15)18-10-20(27-19-7-2-1-6-17(18)19)28-13-16-5-3-4-8-26-16;/h3-5,8-12H,1-2,6-7,13H2;1H. The summed E-state index contributed by atoms with van der Waals surface area (Å²) in [6.45, 7) is 0.243. The van der Waals surface area contributed by atoms with Gasteiger partial charge in [0.25, 0.3) is 0 Å². The van der Waals surface area contributed by atoms with Gasteiger partial charge in [-0.25, -0.2) is 4.98 Å². The molecule has 1 aliphatic carbocycles. The van der Waals surface area contributed by atoms with Gasteiger partial charge >= 0.3 is 6.18 Å². The van der Waals surface area contributed by atoms with Crippen molar-refractivity contribution in [2.45, 2.75) is 38.5 Å². The van der Waals surface area contributed by atoms with Crippen LogP contribution in [0.15, 0.2) is 48.9 Å². The fourth-order valence-corrected chi connectivity index (χ4v) is 3.38. The summed E-state index contributed by atoms with van der Waals surface area (Å²) in [4.78, 5) is 12.6. The molecule has 0 spiro atoms. The fraction of sp³-hybridized carbons (Fsp3) is 0.286. The lowest BCUT2D eigenvalue weighted by atomic mass is 9.89. The second-order valence-corrected chi connectivity index (χ2v) is 6.71. The fourth-order valence-electron chi connectivity index (χ4n) is 3.38. The molecular formula is C21H19ClF3N3O. The number of aryl methyl sites for hydroxylation is 1. The van der Waals surface area contributed by atoms with Crippen LogP contribution in [-0.2, 0) is 25.6 Å². The molecule has 4 rings (SSSR count). The number of nitrogens with zero attached hydrogens (tertiary/aromatic N) is 3. The number of rotatable bonds is 4. The quantitative estimate of drug-likeness (QED) is 0.563. The Labute approximate surface area is 172 Å². The lowest BCUT2D eigenvalue weighted by molar-refractivity contribution is -0.137. The van der Waals surface area contributed by atoms with Gasteiger partial charge in [0, 0.05) is 35.9 Å². The predicted molar refractivity (Wildman–Crippen MR) is 105 cm³/mol. The summed E-state index contributed by atoms with van der Waals surface area (Å²) in [7, 11) is 0. The molecule has 0 saturated carbocycles. The Morgan fingerprint density at radius 1 is 1.03 bits per heavy atom. The van der Waals surface area contributed by atoms with Gasteiger partial charge in [-0.15, -0.1) is 12.4 Å². The minimum atomic E-state index is -4.44. The number of halogens is 4. The molecule has 8 heteroatoms. The Morgan fingerprint density at radius 3 is 2.62 bits per heavy atom. The summed E-state index contributed by atoms with van der Waals surface area (Å²) in [6.07, 6.45) is 3.11. The van der Waals surface area contributed by atoms with E-state index in [1.165, 1.54) is 6.20 Å². The van der Waals surface area contributed by atoms with Crippen molar-refractivity contribution in [3.05, 3.63) is 71.4 Å². The molecule has 0 atom stereocenters. The zero-order valence-electron chi connectivity index (χ0n) is 15.4. The molecule has 3 aromatic rings. The molecule has 0 N–H and O–H groups in total. The van der Waals surface area contributed by atoms with Crippen LogP contribution in [-0.4, -0.2) is 15.0 Å². The number of hydrogen-bond acceptors (Lipinski definition) is 4. The molecule has 0 bridgehead atoms. The first-order valence-corrected chi connectivity index (χ1v) is 9.09. The van der Waals surface area contributed by atoms with Gasteiger partial charge in [0.2, 0.25) is 5.88 Å². The molecule has 29 heavy (non-hydrogen) atoms. The monoisotopic (exact) mass is 421 g/mol. The molecule has 3 aromatic heterocycles. The van der Waals surface area contributed by atoms with Crippen LogP contribution in [0.5, 0.6) is 5.88 Å². The van der Waals surface area contributed by atoms with Gasteiger partial charge in [-0.05, 0) is 55.0 Å². The van der Waals surface area contributed by atoms with E-state index in [1.54, 1.807) is 12.3 Å². The lowest BCUT2D eigenvalue weighted by Crippen LogP contribution is -2.10. The van der Waals surface area contributed by atoms with Crippen LogP contribution in [0.4, 0.5) is 13.2 Å². The summed E-state index contributed by atoms with van der Waals surface area (Å²) < 4.78 is 45.2. The molecule has 1 aliphatic rings. The van der Waals surface area contributed by atoms with Gasteiger partial charge < -0.3 is 4.74 Å². The molecule has 0 fully saturated rings. The highest BCUT2D eigenvalue weighted by molar-refractivity contribution is 5.85. The highest BCUT2D eigenvalue weighted by Crippen LogP contribution is 2.36. The first-order valence-electron chi connectivity index (χ1n) is 9.09. The molecule has 0 saturated heterocycles. The second kappa shape index (κ2) is 8.78. The summed E-state index contributed by atoms with van der Waals surface area (Å²) in [5.74, 6) is 0.388. The molecule has 0 aromatic carbocycles. The Morgan fingerprint density at radius 2 is 1.86 bits per heavy atom. The first kappa shape index (κ1) is 21.0. The van der Waals surface area contributed by atoms with Crippen molar-refractivity contribution in [1.29, 1.82) is 0 Å². The molecule has 4 nitrogen and oxygen atoms in total. The number of pyridine rings is 3.